The Morgan fingerprint density at radius 2 is 2.00 bits per heavy atom. The fraction of sp³-hybridized carbons (Fsp3) is 0.316. The molecule has 1 amide bonds. The first-order valence-electron chi connectivity index (χ1n) is 8.49. The van der Waals surface area contributed by atoms with E-state index in [0.29, 0.717) is 24.1 Å². The van der Waals surface area contributed by atoms with Crippen LogP contribution in [0.1, 0.15) is 17.1 Å². The number of rotatable bonds is 5. The average Bonchev–Trinajstić information content (AvgIpc) is 2.66. The van der Waals surface area contributed by atoms with Crippen LogP contribution in [0.4, 0.5) is 5.82 Å². The highest BCUT2D eigenvalue weighted by atomic mass is 35.5. The van der Waals surface area contributed by atoms with E-state index in [9.17, 15) is 4.79 Å². The number of hydrogen-bond donors (Lipinski definition) is 1. The van der Waals surface area contributed by atoms with E-state index in [0.717, 1.165) is 30.2 Å². The zero-order chi connectivity index (χ0) is 18.4. The third kappa shape index (κ3) is 5.28. The van der Waals surface area contributed by atoms with Crippen LogP contribution in [0.5, 0.6) is 0 Å². The van der Waals surface area contributed by atoms with Gasteiger partial charge < -0.3 is 15.0 Å². The number of carbonyl (C=O) groups excluding carboxylic acids is 1. The van der Waals surface area contributed by atoms with Gasteiger partial charge in [-0.2, -0.15) is 0 Å². The van der Waals surface area contributed by atoms with Crippen molar-refractivity contribution in [1.29, 1.82) is 0 Å². The summed E-state index contributed by atoms with van der Waals surface area (Å²) >= 11 is 5.85. The second-order valence-corrected chi connectivity index (χ2v) is 6.42. The van der Waals surface area contributed by atoms with Crippen molar-refractivity contribution < 1.29 is 9.53 Å². The third-order valence-electron chi connectivity index (χ3n) is 3.94. The lowest BCUT2D eigenvalue weighted by Crippen LogP contribution is -2.37. The maximum atomic E-state index is 12.0. The maximum Gasteiger partial charge on any atom is 0.244 e. The molecular weight excluding hydrogens is 352 g/mol. The molecule has 2 aromatic rings. The van der Waals surface area contributed by atoms with Crippen LogP contribution in [0, 0.1) is 6.92 Å². The Labute approximate surface area is 157 Å². The first kappa shape index (κ1) is 18.4. The fourth-order valence-electron chi connectivity index (χ4n) is 2.62. The largest absolute Gasteiger partial charge is 0.378 e. The molecule has 6 nitrogen and oxygen atoms in total. The number of anilines is 1. The Morgan fingerprint density at radius 3 is 2.73 bits per heavy atom. The van der Waals surface area contributed by atoms with Gasteiger partial charge in [0.2, 0.25) is 5.91 Å². The van der Waals surface area contributed by atoms with Crippen LogP contribution in [0.25, 0.3) is 6.08 Å². The summed E-state index contributed by atoms with van der Waals surface area (Å²) in [5.74, 6) is 1.28. The highest BCUT2D eigenvalue weighted by Crippen LogP contribution is 2.14. The molecule has 1 aliphatic heterocycles. The van der Waals surface area contributed by atoms with Crippen LogP contribution in [-0.2, 0) is 16.1 Å². The summed E-state index contributed by atoms with van der Waals surface area (Å²) < 4.78 is 5.37. The summed E-state index contributed by atoms with van der Waals surface area (Å²) in [5.41, 5.74) is 1.79. The van der Waals surface area contributed by atoms with Crippen molar-refractivity contribution >= 4 is 29.4 Å². The number of aryl methyl sites for hydroxylation is 1. The van der Waals surface area contributed by atoms with E-state index >= 15 is 0 Å². The molecule has 3 rings (SSSR count). The third-order valence-corrected chi connectivity index (χ3v) is 4.19. The van der Waals surface area contributed by atoms with Crippen LogP contribution in [0.2, 0.25) is 5.02 Å². The topological polar surface area (TPSA) is 67.3 Å². The van der Waals surface area contributed by atoms with Crippen LogP contribution in [0.15, 0.2) is 36.4 Å². The van der Waals surface area contributed by atoms with E-state index in [1.807, 2.05) is 25.1 Å². The lowest BCUT2D eigenvalue weighted by molar-refractivity contribution is -0.116. The summed E-state index contributed by atoms with van der Waals surface area (Å²) in [6, 6.07) is 9.23. The molecule has 7 heteroatoms. The van der Waals surface area contributed by atoms with Gasteiger partial charge in [-0.3, -0.25) is 4.79 Å². The van der Waals surface area contributed by atoms with Gasteiger partial charge in [0.1, 0.15) is 11.6 Å². The molecule has 1 aromatic heterocycles. The first-order chi connectivity index (χ1) is 12.6. The molecule has 0 unspecified atom stereocenters. The monoisotopic (exact) mass is 372 g/mol. The molecule has 1 aliphatic rings. The molecular formula is C19H21ClN4O2. The zero-order valence-electron chi connectivity index (χ0n) is 14.6. The Morgan fingerprint density at radius 1 is 1.27 bits per heavy atom. The Hall–Kier alpha value is -2.44. The summed E-state index contributed by atoms with van der Waals surface area (Å²) in [5, 5.41) is 3.48. The number of nitrogens with zero attached hydrogens (tertiary/aromatic N) is 3. The van der Waals surface area contributed by atoms with Gasteiger partial charge in [0.25, 0.3) is 0 Å². The molecule has 136 valence electrons. The Bertz CT molecular complexity index is 787. The Kier molecular flexibility index (Phi) is 6.20. The van der Waals surface area contributed by atoms with E-state index in [1.165, 1.54) is 6.08 Å². The van der Waals surface area contributed by atoms with Crippen molar-refractivity contribution in [3.8, 4) is 0 Å². The van der Waals surface area contributed by atoms with Crippen LogP contribution in [-0.4, -0.2) is 42.2 Å². The summed E-state index contributed by atoms with van der Waals surface area (Å²) in [4.78, 5) is 23.2. The molecule has 1 aromatic carbocycles. The molecule has 0 aliphatic carbocycles. The molecule has 0 radical (unpaired) electrons. The number of benzene rings is 1. The molecule has 0 saturated carbocycles. The predicted molar refractivity (Wildman–Crippen MR) is 102 cm³/mol. The fourth-order valence-corrected chi connectivity index (χ4v) is 2.74. The molecule has 2 heterocycles. The van der Waals surface area contributed by atoms with Crippen molar-refractivity contribution in [2.75, 3.05) is 31.2 Å². The number of halogens is 1. The lowest BCUT2D eigenvalue weighted by Gasteiger charge is -2.28. The second kappa shape index (κ2) is 8.78. The van der Waals surface area contributed by atoms with Crippen LogP contribution in [0.3, 0.4) is 0 Å². The standard InChI is InChI=1S/C19H21ClN4O2/c1-14-12-18(24-8-10-26-11-9-24)23-17(22-14)13-21-19(25)7-4-15-2-5-16(20)6-3-15/h2-7,12H,8-11,13H2,1H3,(H,21,25)/b7-4+. The van der Waals surface area contributed by atoms with Gasteiger partial charge in [0.15, 0.2) is 0 Å². The van der Waals surface area contributed by atoms with E-state index in [2.05, 4.69) is 20.2 Å². The highest BCUT2D eigenvalue weighted by Gasteiger charge is 2.14. The summed E-state index contributed by atoms with van der Waals surface area (Å²) in [7, 11) is 0. The quantitative estimate of drug-likeness (QED) is 0.817. The van der Waals surface area contributed by atoms with E-state index < -0.39 is 0 Å². The smallest absolute Gasteiger partial charge is 0.244 e. The SMILES string of the molecule is Cc1cc(N2CCOCC2)nc(CNC(=O)/C=C/c2ccc(Cl)cc2)n1. The normalized spacial score (nSPS) is 14.6. The van der Waals surface area contributed by atoms with Crippen molar-refractivity contribution in [2.24, 2.45) is 0 Å². The number of amides is 1. The minimum absolute atomic E-state index is 0.196. The molecule has 0 atom stereocenters. The van der Waals surface area contributed by atoms with Crippen molar-refractivity contribution in [2.45, 2.75) is 13.5 Å². The molecule has 0 spiro atoms. The van der Waals surface area contributed by atoms with Crippen molar-refractivity contribution in [3.63, 3.8) is 0 Å². The summed E-state index contributed by atoms with van der Waals surface area (Å²) in [6.45, 7) is 5.23. The predicted octanol–water partition coefficient (Wildman–Crippen LogP) is 2.60. The number of hydrogen-bond acceptors (Lipinski definition) is 5. The number of morpholine rings is 1. The molecule has 26 heavy (non-hydrogen) atoms. The minimum atomic E-state index is -0.196. The number of carbonyl (C=O) groups is 1. The van der Waals surface area contributed by atoms with Crippen molar-refractivity contribution in [3.05, 3.63) is 58.5 Å². The maximum absolute atomic E-state index is 12.0. The van der Waals surface area contributed by atoms with Gasteiger partial charge in [-0.1, -0.05) is 23.7 Å². The van der Waals surface area contributed by atoms with Gasteiger partial charge in [-0.15, -0.1) is 0 Å². The summed E-state index contributed by atoms with van der Waals surface area (Å²) in [6.07, 6.45) is 3.23. The number of aromatic nitrogens is 2. The van der Waals surface area contributed by atoms with E-state index in [1.54, 1.807) is 18.2 Å². The zero-order valence-corrected chi connectivity index (χ0v) is 15.4. The van der Waals surface area contributed by atoms with E-state index in [4.69, 9.17) is 16.3 Å². The van der Waals surface area contributed by atoms with Crippen LogP contribution >= 0.6 is 11.6 Å². The Balaban J connectivity index is 1.59. The first-order valence-corrected chi connectivity index (χ1v) is 8.87. The minimum Gasteiger partial charge on any atom is -0.378 e. The average molecular weight is 373 g/mol. The second-order valence-electron chi connectivity index (χ2n) is 5.99. The van der Waals surface area contributed by atoms with Gasteiger partial charge in [-0.05, 0) is 30.7 Å². The van der Waals surface area contributed by atoms with E-state index in [-0.39, 0.29) is 12.5 Å². The molecule has 1 N–H and O–H groups in total. The highest BCUT2D eigenvalue weighted by molar-refractivity contribution is 6.30. The van der Waals surface area contributed by atoms with Gasteiger partial charge in [0.05, 0.1) is 19.8 Å². The van der Waals surface area contributed by atoms with Gasteiger partial charge in [-0.25, -0.2) is 9.97 Å². The van der Waals surface area contributed by atoms with Gasteiger partial charge >= 0.3 is 0 Å². The molecule has 1 fully saturated rings. The number of nitrogens with one attached hydrogen (secondary N) is 1. The van der Waals surface area contributed by atoms with Crippen LogP contribution < -0.4 is 10.2 Å². The van der Waals surface area contributed by atoms with Crippen molar-refractivity contribution in [1.82, 2.24) is 15.3 Å². The lowest BCUT2D eigenvalue weighted by atomic mass is 10.2. The molecule has 0 bridgehead atoms. The molecule has 1 saturated heterocycles. The van der Waals surface area contributed by atoms with Gasteiger partial charge in [0, 0.05) is 35.9 Å². The number of ether oxygens (including phenoxy) is 1.